The first-order chi connectivity index (χ1) is 8.16. The molecular weight excluding hydrogens is 208 g/mol. The molecular formula is C15H18N2. The van der Waals surface area contributed by atoms with Crippen molar-refractivity contribution in [3.05, 3.63) is 58.9 Å². The van der Waals surface area contributed by atoms with Crippen LogP contribution in [-0.4, -0.2) is 4.98 Å². The summed E-state index contributed by atoms with van der Waals surface area (Å²) in [5, 5.41) is 0. The van der Waals surface area contributed by atoms with Crippen LogP contribution in [0.15, 0.2) is 36.7 Å². The summed E-state index contributed by atoms with van der Waals surface area (Å²) in [7, 11) is 0. The van der Waals surface area contributed by atoms with Gasteiger partial charge in [0.2, 0.25) is 0 Å². The highest BCUT2D eigenvalue weighted by molar-refractivity contribution is 5.45. The third-order valence-electron chi connectivity index (χ3n) is 3.11. The van der Waals surface area contributed by atoms with Gasteiger partial charge in [-0.3, -0.25) is 4.98 Å². The number of hydrogen-bond acceptors (Lipinski definition) is 2. The summed E-state index contributed by atoms with van der Waals surface area (Å²) in [6.07, 6.45) is 5.56. The molecule has 0 unspecified atom stereocenters. The number of benzene rings is 1. The standard InChI is InChI=1S/C15H18N2/c1-11-3-4-12(2)13(9-11)5-6-14-10-17-8-7-15(14)16/h3-4,7-10H,5-6H2,1-2H3,(H2,16,17). The van der Waals surface area contributed by atoms with Crippen LogP contribution in [0.25, 0.3) is 0 Å². The van der Waals surface area contributed by atoms with Crippen LogP contribution in [0.1, 0.15) is 22.3 Å². The van der Waals surface area contributed by atoms with Crippen LogP contribution in [0, 0.1) is 13.8 Å². The Labute approximate surface area is 103 Å². The van der Waals surface area contributed by atoms with Gasteiger partial charge < -0.3 is 5.73 Å². The minimum atomic E-state index is 0.838. The van der Waals surface area contributed by atoms with E-state index in [1.54, 1.807) is 6.20 Å². The van der Waals surface area contributed by atoms with Gasteiger partial charge >= 0.3 is 0 Å². The van der Waals surface area contributed by atoms with E-state index in [0.29, 0.717) is 0 Å². The summed E-state index contributed by atoms with van der Waals surface area (Å²) >= 11 is 0. The van der Waals surface area contributed by atoms with Gasteiger partial charge in [0, 0.05) is 18.1 Å². The minimum absolute atomic E-state index is 0.838. The van der Waals surface area contributed by atoms with E-state index in [4.69, 9.17) is 5.73 Å². The topological polar surface area (TPSA) is 38.9 Å². The largest absolute Gasteiger partial charge is 0.398 e. The number of aryl methyl sites for hydroxylation is 4. The van der Waals surface area contributed by atoms with Crippen LogP contribution in [-0.2, 0) is 12.8 Å². The average molecular weight is 226 g/mol. The summed E-state index contributed by atoms with van der Waals surface area (Å²) in [5.41, 5.74) is 11.9. The first-order valence-corrected chi connectivity index (χ1v) is 5.91. The van der Waals surface area contributed by atoms with E-state index >= 15 is 0 Å². The SMILES string of the molecule is Cc1ccc(C)c(CCc2cnccc2N)c1. The lowest BCUT2D eigenvalue weighted by molar-refractivity contribution is 0.940. The van der Waals surface area contributed by atoms with Gasteiger partial charge in [-0.15, -0.1) is 0 Å². The van der Waals surface area contributed by atoms with Crippen LogP contribution < -0.4 is 5.73 Å². The molecule has 1 aromatic heterocycles. The van der Waals surface area contributed by atoms with Crippen molar-refractivity contribution in [2.24, 2.45) is 0 Å². The van der Waals surface area contributed by atoms with Gasteiger partial charge in [-0.2, -0.15) is 0 Å². The number of hydrogen-bond donors (Lipinski definition) is 1. The maximum atomic E-state index is 5.91. The van der Waals surface area contributed by atoms with E-state index in [0.717, 1.165) is 24.1 Å². The Kier molecular flexibility index (Phi) is 3.43. The molecule has 2 nitrogen and oxygen atoms in total. The smallest absolute Gasteiger partial charge is 0.0377 e. The Morgan fingerprint density at radius 1 is 1.06 bits per heavy atom. The molecule has 2 aromatic rings. The molecule has 1 aromatic carbocycles. The van der Waals surface area contributed by atoms with Gasteiger partial charge in [0.25, 0.3) is 0 Å². The van der Waals surface area contributed by atoms with Crippen molar-refractivity contribution in [1.29, 1.82) is 0 Å². The van der Waals surface area contributed by atoms with Crippen LogP contribution in [0.2, 0.25) is 0 Å². The van der Waals surface area contributed by atoms with Gasteiger partial charge in [-0.05, 0) is 49.4 Å². The Bertz CT molecular complexity index is 518. The van der Waals surface area contributed by atoms with Crippen LogP contribution in [0.3, 0.4) is 0 Å². The van der Waals surface area contributed by atoms with Crippen molar-refractivity contribution < 1.29 is 0 Å². The van der Waals surface area contributed by atoms with Crippen LogP contribution in [0.5, 0.6) is 0 Å². The van der Waals surface area contributed by atoms with E-state index in [1.807, 2.05) is 12.3 Å². The maximum Gasteiger partial charge on any atom is 0.0377 e. The Hall–Kier alpha value is -1.83. The highest BCUT2D eigenvalue weighted by Gasteiger charge is 2.02. The summed E-state index contributed by atoms with van der Waals surface area (Å²) in [6, 6.07) is 8.44. The van der Waals surface area contributed by atoms with E-state index in [-0.39, 0.29) is 0 Å². The van der Waals surface area contributed by atoms with Crippen LogP contribution in [0.4, 0.5) is 5.69 Å². The molecule has 2 rings (SSSR count). The van der Waals surface area contributed by atoms with Crippen molar-refractivity contribution in [2.45, 2.75) is 26.7 Å². The van der Waals surface area contributed by atoms with E-state index in [9.17, 15) is 0 Å². The number of aromatic nitrogens is 1. The number of anilines is 1. The van der Waals surface area contributed by atoms with E-state index in [2.05, 4.69) is 37.0 Å². The van der Waals surface area contributed by atoms with Crippen molar-refractivity contribution in [3.63, 3.8) is 0 Å². The number of rotatable bonds is 3. The predicted octanol–water partition coefficient (Wildman–Crippen LogP) is 3.07. The second kappa shape index (κ2) is 5.00. The highest BCUT2D eigenvalue weighted by atomic mass is 14.7. The molecule has 0 aliphatic rings. The van der Waals surface area contributed by atoms with Gasteiger partial charge in [-0.1, -0.05) is 23.8 Å². The van der Waals surface area contributed by atoms with Gasteiger partial charge in [0.1, 0.15) is 0 Å². The fourth-order valence-electron chi connectivity index (χ4n) is 1.99. The third kappa shape index (κ3) is 2.84. The van der Waals surface area contributed by atoms with Gasteiger partial charge in [0.05, 0.1) is 0 Å². The second-order valence-electron chi connectivity index (χ2n) is 4.50. The first-order valence-electron chi connectivity index (χ1n) is 5.91. The summed E-state index contributed by atoms with van der Waals surface area (Å²) < 4.78 is 0. The molecule has 2 N–H and O–H groups in total. The zero-order valence-electron chi connectivity index (χ0n) is 10.4. The van der Waals surface area contributed by atoms with Gasteiger partial charge in [-0.25, -0.2) is 0 Å². The summed E-state index contributed by atoms with van der Waals surface area (Å²) in [5.74, 6) is 0. The van der Waals surface area contributed by atoms with Crippen molar-refractivity contribution in [1.82, 2.24) is 4.98 Å². The molecule has 0 aliphatic heterocycles. The zero-order chi connectivity index (χ0) is 12.3. The molecule has 0 radical (unpaired) electrons. The number of pyridine rings is 1. The highest BCUT2D eigenvalue weighted by Crippen LogP contribution is 2.16. The lowest BCUT2D eigenvalue weighted by Crippen LogP contribution is -1.99. The van der Waals surface area contributed by atoms with Crippen molar-refractivity contribution >= 4 is 5.69 Å². The molecule has 1 heterocycles. The third-order valence-corrected chi connectivity index (χ3v) is 3.11. The molecule has 0 fully saturated rings. The molecule has 2 heteroatoms. The Morgan fingerprint density at radius 2 is 1.82 bits per heavy atom. The van der Waals surface area contributed by atoms with Crippen LogP contribution >= 0.6 is 0 Å². The molecule has 0 aliphatic carbocycles. The molecule has 0 bridgehead atoms. The normalized spacial score (nSPS) is 10.5. The fraction of sp³-hybridized carbons (Fsp3) is 0.267. The van der Waals surface area contributed by atoms with E-state index < -0.39 is 0 Å². The number of nitrogens with two attached hydrogens (primary N) is 1. The Morgan fingerprint density at radius 3 is 2.59 bits per heavy atom. The van der Waals surface area contributed by atoms with Crippen molar-refractivity contribution in [2.75, 3.05) is 5.73 Å². The molecule has 17 heavy (non-hydrogen) atoms. The van der Waals surface area contributed by atoms with Crippen molar-refractivity contribution in [3.8, 4) is 0 Å². The minimum Gasteiger partial charge on any atom is -0.398 e. The first kappa shape index (κ1) is 11.6. The van der Waals surface area contributed by atoms with E-state index in [1.165, 1.54) is 16.7 Å². The summed E-state index contributed by atoms with van der Waals surface area (Å²) in [6.45, 7) is 4.28. The quantitative estimate of drug-likeness (QED) is 0.873. The predicted molar refractivity (Wildman–Crippen MR) is 72.0 cm³/mol. The lowest BCUT2D eigenvalue weighted by Gasteiger charge is -2.08. The molecule has 0 spiro atoms. The average Bonchev–Trinajstić information content (AvgIpc) is 2.32. The monoisotopic (exact) mass is 226 g/mol. The molecule has 88 valence electrons. The number of nitrogens with zero attached hydrogens (tertiary/aromatic N) is 1. The number of nitrogen functional groups attached to an aromatic ring is 1. The zero-order valence-corrected chi connectivity index (χ0v) is 10.4. The molecule has 0 amide bonds. The van der Waals surface area contributed by atoms with Gasteiger partial charge in [0.15, 0.2) is 0 Å². The lowest BCUT2D eigenvalue weighted by atomic mass is 9.99. The molecule has 0 saturated heterocycles. The maximum absolute atomic E-state index is 5.91. The molecule has 0 saturated carbocycles. The fourth-order valence-corrected chi connectivity index (χ4v) is 1.99. The molecule has 0 atom stereocenters. The Balaban J connectivity index is 2.12. The second-order valence-corrected chi connectivity index (χ2v) is 4.50. The summed E-state index contributed by atoms with van der Waals surface area (Å²) in [4.78, 5) is 4.12.